The Kier molecular flexibility index (Phi) is 5.84. The van der Waals surface area contributed by atoms with E-state index in [1.807, 2.05) is 60.7 Å². The van der Waals surface area contributed by atoms with Gasteiger partial charge in [0.05, 0.1) is 0 Å². The van der Waals surface area contributed by atoms with Crippen molar-refractivity contribution in [3.05, 3.63) is 96.1 Å². The number of benzene rings is 3. The smallest absolute Gasteiger partial charge is 0.318 e. The highest BCUT2D eigenvalue weighted by Gasteiger charge is 2.24. The molecule has 0 saturated heterocycles. The Balaban J connectivity index is 1.68. The maximum Gasteiger partial charge on any atom is 0.318 e. The van der Waals surface area contributed by atoms with Gasteiger partial charge in [-0.3, -0.25) is 9.59 Å². The molecule has 2 N–H and O–H groups in total. The van der Waals surface area contributed by atoms with E-state index in [0.29, 0.717) is 5.69 Å². The molecule has 3 aromatic rings. The second kappa shape index (κ2) is 8.67. The summed E-state index contributed by atoms with van der Waals surface area (Å²) >= 11 is 0. The molecule has 0 spiro atoms. The molecule has 0 unspecified atom stereocenters. The number of ether oxygens (including phenoxy) is 1. The summed E-state index contributed by atoms with van der Waals surface area (Å²) < 4.78 is 5.27. The van der Waals surface area contributed by atoms with Crippen molar-refractivity contribution in [3.63, 3.8) is 0 Å². The maximum absolute atomic E-state index is 12.7. The first-order chi connectivity index (χ1) is 13.1. The number of hydrogen-bond acceptors (Lipinski definition) is 4. The van der Waals surface area contributed by atoms with Crippen molar-refractivity contribution in [2.24, 2.45) is 0 Å². The second-order valence-corrected chi connectivity index (χ2v) is 5.96. The van der Waals surface area contributed by atoms with Gasteiger partial charge < -0.3 is 15.2 Å². The molecule has 0 aliphatic carbocycles. The topological polar surface area (TPSA) is 75.6 Å². The number of phenols is 1. The molecular formula is C22H19NO4. The lowest BCUT2D eigenvalue weighted by molar-refractivity contribution is -0.147. The highest BCUT2D eigenvalue weighted by Crippen LogP contribution is 2.26. The normalized spacial score (nSPS) is 10.4. The largest absolute Gasteiger partial charge is 0.508 e. The molecule has 0 radical (unpaired) electrons. The van der Waals surface area contributed by atoms with E-state index in [-0.39, 0.29) is 5.75 Å². The van der Waals surface area contributed by atoms with E-state index in [1.54, 1.807) is 12.1 Å². The van der Waals surface area contributed by atoms with Crippen LogP contribution < -0.4 is 5.32 Å². The molecule has 1 amide bonds. The molecule has 0 heterocycles. The molecule has 3 aromatic carbocycles. The fourth-order valence-corrected chi connectivity index (χ4v) is 2.72. The van der Waals surface area contributed by atoms with Crippen LogP contribution >= 0.6 is 0 Å². The van der Waals surface area contributed by atoms with Gasteiger partial charge in [0.15, 0.2) is 6.61 Å². The van der Waals surface area contributed by atoms with Crippen molar-refractivity contribution in [1.29, 1.82) is 0 Å². The van der Waals surface area contributed by atoms with Crippen LogP contribution in [0, 0.1) is 0 Å². The van der Waals surface area contributed by atoms with Crippen molar-refractivity contribution in [2.75, 3.05) is 11.9 Å². The standard InChI is InChI=1S/C22H19NO4/c24-19-13-11-18(12-14-19)23-20(25)15-27-22(26)21(16-7-3-1-4-8-16)17-9-5-2-6-10-17/h1-14,21,24H,15H2,(H,23,25). The molecule has 0 atom stereocenters. The van der Waals surface area contributed by atoms with E-state index in [1.165, 1.54) is 12.1 Å². The Morgan fingerprint density at radius 3 is 1.85 bits per heavy atom. The van der Waals surface area contributed by atoms with Crippen LogP contribution in [-0.2, 0) is 14.3 Å². The Morgan fingerprint density at radius 1 is 0.815 bits per heavy atom. The Morgan fingerprint density at radius 2 is 1.33 bits per heavy atom. The zero-order chi connectivity index (χ0) is 19.1. The predicted molar refractivity (Wildman–Crippen MR) is 102 cm³/mol. The Hall–Kier alpha value is -3.60. The molecule has 0 fully saturated rings. The highest BCUT2D eigenvalue weighted by molar-refractivity contribution is 5.93. The van der Waals surface area contributed by atoms with Crippen LogP contribution in [0.15, 0.2) is 84.9 Å². The molecule has 27 heavy (non-hydrogen) atoms. The molecule has 0 aliphatic heterocycles. The molecule has 136 valence electrons. The van der Waals surface area contributed by atoms with Crippen LogP contribution in [-0.4, -0.2) is 23.6 Å². The zero-order valence-electron chi connectivity index (χ0n) is 14.5. The lowest BCUT2D eigenvalue weighted by atomic mass is 9.91. The molecule has 0 bridgehead atoms. The van der Waals surface area contributed by atoms with Gasteiger partial charge in [0.1, 0.15) is 11.7 Å². The van der Waals surface area contributed by atoms with Crippen molar-refractivity contribution < 1.29 is 19.4 Å². The first-order valence-corrected chi connectivity index (χ1v) is 8.49. The fourth-order valence-electron chi connectivity index (χ4n) is 2.72. The van der Waals surface area contributed by atoms with E-state index >= 15 is 0 Å². The third-order valence-electron chi connectivity index (χ3n) is 4.00. The number of amides is 1. The molecule has 0 aromatic heterocycles. The van der Waals surface area contributed by atoms with Crippen molar-refractivity contribution in [1.82, 2.24) is 0 Å². The number of aromatic hydroxyl groups is 1. The van der Waals surface area contributed by atoms with Gasteiger partial charge in [-0.05, 0) is 35.4 Å². The third-order valence-corrected chi connectivity index (χ3v) is 4.00. The van der Waals surface area contributed by atoms with E-state index < -0.39 is 24.4 Å². The number of esters is 1. The number of anilines is 1. The Labute approximate surface area is 157 Å². The van der Waals surface area contributed by atoms with Gasteiger partial charge >= 0.3 is 5.97 Å². The van der Waals surface area contributed by atoms with Crippen LogP contribution in [0.5, 0.6) is 5.75 Å². The molecule has 5 heteroatoms. The first kappa shape index (κ1) is 18.2. The number of phenolic OH excluding ortho intramolecular Hbond substituents is 1. The van der Waals surface area contributed by atoms with Crippen molar-refractivity contribution in [3.8, 4) is 5.75 Å². The van der Waals surface area contributed by atoms with Gasteiger partial charge in [-0.2, -0.15) is 0 Å². The summed E-state index contributed by atoms with van der Waals surface area (Å²) in [5, 5.41) is 11.9. The average Bonchev–Trinajstić information content (AvgIpc) is 2.70. The van der Waals surface area contributed by atoms with Gasteiger partial charge in [-0.1, -0.05) is 60.7 Å². The zero-order valence-corrected chi connectivity index (χ0v) is 14.5. The summed E-state index contributed by atoms with van der Waals surface area (Å²) in [6.45, 7) is -0.393. The number of rotatable bonds is 6. The number of hydrogen-bond donors (Lipinski definition) is 2. The van der Waals surface area contributed by atoms with Gasteiger partial charge in [-0.15, -0.1) is 0 Å². The van der Waals surface area contributed by atoms with Gasteiger partial charge in [0.2, 0.25) is 0 Å². The highest BCUT2D eigenvalue weighted by atomic mass is 16.5. The third kappa shape index (κ3) is 4.95. The van der Waals surface area contributed by atoms with E-state index in [4.69, 9.17) is 4.74 Å². The van der Waals surface area contributed by atoms with E-state index in [0.717, 1.165) is 11.1 Å². The lowest BCUT2D eigenvalue weighted by Gasteiger charge is -2.17. The molecule has 0 saturated carbocycles. The van der Waals surface area contributed by atoms with Crippen LogP contribution in [0.2, 0.25) is 0 Å². The fraction of sp³-hybridized carbons (Fsp3) is 0.0909. The quantitative estimate of drug-likeness (QED) is 0.518. The van der Waals surface area contributed by atoms with Crippen LogP contribution in [0.3, 0.4) is 0 Å². The van der Waals surface area contributed by atoms with E-state index in [9.17, 15) is 14.7 Å². The minimum Gasteiger partial charge on any atom is -0.508 e. The van der Waals surface area contributed by atoms with Crippen LogP contribution in [0.4, 0.5) is 5.69 Å². The summed E-state index contributed by atoms with van der Waals surface area (Å²) in [4.78, 5) is 24.8. The lowest BCUT2D eigenvalue weighted by Crippen LogP contribution is -2.24. The summed E-state index contributed by atoms with van der Waals surface area (Å²) in [6.07, 6.45) is 0. The van der Waals surface area contributed by atoms with Crippen molar-refractivity contribution >= 4 is 17.6 Å². The summed E-state index contributed by atoms with van der Waals surface area (Å²) in [5.41, 5.74) is 2.11. The van der Waals surface area contributed by atoms with Gasteiger partial charge in [0.25, 0.3) is 5.91 Å². The number of nitrogens with one attached hydrogen (secondary N) is 1. The van der Waals surface area contributed by atoms with Crippen molar-refractivity contribution in [2.45, 2.75) is 5.92 Å². The molecule has 5 nitrogen and oxygen atoms in total. The van der Waals surface area contributed by atoms with Gasteiger partial charge in [0, 0.05) is 5.69 Å². The predicted octanol–water partition coefficient (Wildman–Crippen LogP) is 3.71. The Bertz CT molecular complexity index is 853. The van der Waals surface area contributed by atoms with Crippen LogP contribution in [0.25, 0.3) is 0 Å². The van der Waals surface area contributed by atoms with E-state index in [2.05, 4.69) is 5.32 Å². The van der Waals surface area contributed by atoms with Gasteiger partial charge in [-0.25, -0.2) is 0 Å². The molecular weight excluding hydrogens is 342 g/mol. The minimum atomic E-state index is -0.603. The minimum absolute atomic E-state index is 0.105. The second-order valence-electron chi connectivity index (χ2n) is 5.96. The SMILES string of the molecule is O=C(COC(=O)C(c1ccccc1)c1ccccc1)Nc1ccc(O)cc1. The first-order valence-electron chi connectivity index (χ1n) is 8.49. The molecule has 3 rings (SSSR count). The average molecular weight is 361 g/mol. The van der Waals surface area contributed by atoms with Crippen LogP contribution in [0.1, 0.15) is 17.0 Å². The summed E-state index contributed by atoms with van der Waals surface area (Å²) in [5.74, 6) is -1.44. The molecule has 0 aliphatic rings. The maximum atomic E-state index is 12.7. The summed E-state index contributed by atoms with van der Waals surface area (Å²) in [6, 6.07) is 24.7. The number of carbonyl (C=O) groups excluding carboxylic acids is 2. The number of carbonyl (C=O) groups is 2. The summed E-state index contributed by atoms with van der Waals surface area (Å²) in [7, 11) is 0. The monoisotopic (exact) mass is 361 g/mol.